The number of carboxylic acid groups (broad SMARTS) is 1. The number of aliphatic carboxylic acids is 1. The van der Waals surface area contributed by atoms with Gasteiger partial charge in [0.15, 0.2) is 0 Å². The summed E-state index contributed by atoms with van der Waals surface area (Å²) in [5, 5.41) is 68.3. The first-order valence-electron chi connectivity index (χ1n) is 39.5. The molecule has 4 aliphatic heterocycles. The van der Waals surface area contributed by atoms with Crippen LogP contribution in [0.15, 0.2) is 65.8 Å². The van der Waals surface area contributed by atoms with Crippen molar-refractivity contribution in [3.8, 4) is 0 Å². The highest BCUT2D eigenvalue weighted by Crippen LogP contribution is 2.29. The van der Waals surface area contributed by atoms with E-state index in [0.717, 1.165) is 5.56 Å². The highest BCUT2D eigenvalue weighted by Gasteiger charge is 2.47. The van der Waals surface area contributed by atoms with Crippen LogP contribution in [0.25, 0.3) is 10.4 Å². The molecular weight excluding hydrogens is 1510 g/mol. The van der Waals surface area contributed by atoms with E-state index in [1.807, 2.05) is 30.3 Å². The quantitative estimate of drug-likeness (QED) is 0.00983. The van der Waals surface area contributed by atoms with Crippen molar-refractivity contribution < 1.29 is 97.1 Å². The predicted molar refractivity (Wildman–Crippen MR) is 415 cm³/mol. The Morgan fingerprint density at radius 2 is 0.957 bits per heavy atom. The minimum atomic E-state index is -1.88. The first-order chi connectivity index (χ1) is 55.4. The lowest BCUT2D eigenvalue weighted by Gasteiger charge is -2.34. The molecule has 40 nitrogen and oxygen atoms in total. The van der Waals surface area contributed by atoms with Gasteiger partial charge in [0.25, 0.3) is 0 Å². The van der Waals surface area contributed by atoms with Crippen LogP contribution in [-0.4, -0.2) is 279 Å². The minimum absolute atomic E-state index is 0.000856. The summed E-state index contributed by atoms with van der Waals surface area (Å²) in [5.74, 6) is -14.5. The van der Waals surface area contributed by atoms with Crippen molar-refractivity contribution in [3.63, 3.8) is 0 Å². The molecule has 0 aliphatic carbocycles. The molecule has 15 amide bonds. The lowest BCUT2D eigenvalue weighted by atomic mass is 9.98. The monoisotopic (exact) mass is 1630 g/mol. The normalized spacial score (nSPS) is 19.0. The molecule has 20 N–H and O–H groups in total. The van der Waals surface area contributed by atoms with E-state index in [1.54, 1.807) is 51.1 Å². The number of carboxylic acids is 1. The number of nitrogens with zero attached hydrogens (tertiary/aromatic N) is 7. The second-order valence-electron chi connectivity index (χ2n) is 29.8. The van der Waals surface area contributed by atoms with Crippen LogP contribution < -0.4 is 70.4 Å². The summed E-state index contributed by atoms with van der Waals surface area (Å²) in [6.07, 6.45) is -0.670. The molecule has 14 atom stereocenters. The van der Waals surface area contributed by atoms with Gasteiger partial charge < -0.3 is 110 Å². The Kier molecular flexibility index (Phi) is 38.7. The number of primary amides is 1. The lowest BCUT2D eigenvalue weighted by Crippen LogP contribution is -2.61. The number of benzene rings is 2. The zero-order valence-corrected chi connectivity index (χ0v) is 65.8. The summed E-state index contributed by atoms with van der Waals surface area (Å²) >= 11 is 0. The molecule has 4 aliphatic rings. The molecule has 4 heterocycles. The Bertz CT molecular complexity index is 3780. The molecule has 1 unspecified atom stereocenters. The van der Waals surface area contributed by atoms with Gasteiger partial charge in [-0.05, 0) is 132 Å². The largest absolute Gasteiger partial charge is 0.481 e. The topological polar surface area (TPSA) is 614 Å². The molecule has 6 rings (SSSR count). The molecule has 0 spiro atoms. The van der Waals surface area contributed by atoms with Crippen molar-refractivity contribution >= 4 is 94.6 Å². The van der Waals surface area contributed by atoms with E-state index in [1.165, 1.54) is 19.6 Å². The fourth-order valence-corrected chi connectivity index (χ4v) is 14.4. The summed E-state index contributed by atoms with van der Waals surface area (Å²) in [5.41, 5.74) is 27.2. The molecule has 2 aromatic rings. The number of carbonyl (C=O) groups excluding carboxylic acids is 15. The Morgan fingerprint density at radius 3 is 1.49 bits per heavy atom. The third-order valence-corrected chi connectivity index (χ3v) is 20.8. The van der Waals surface area contributed by atoms with Gasteiger partial charge in [-0.3, -0.25) is 76.7 Å². The number of aliphatic hydroxyl groups excluding tert-OH is 3. The van der Waals surface area contributed by atoms with Gasteiger partial charge in [0.2, 0.25) is 88.6 Å². The fourth-order valence-electron chi connectivity index (χ4n) is 14.4. The summed E-state index contributed by atoms with van der Waals surface area (Å²) in [4.78, 5) is 230. The van der Waals surface area contributed by atoms with Crippen LogP contribution >= 0.6 is 0 Å². The number of azide groups is 1. The summed E-state index contributed by atoms with van der Waals surface area (Å²) in [6.45, 7) is 2.41. The number of hydrogen-bond acceptors (Lipinski definition) is 22. The van der Waals surface area contributed by atoms with Gasteiger partial charge in [-0.1, -0.05) is 93.0 Å². The Morgan fingerprint density at radius 1 is 0.500 bits per heavy atom. The lowest BCUT2D eigenvalue weighted by molar-refractivity contribution is -0.149. The van der Waals surface area contributed by atoms with Crippen LogP contribution in [0.5, 0.6) is 0 Å². The standard InChI is InChI=1S/C76H114N20O20/c1-44(2)63(76(116)95-36-14-24-55(95)70(110)82-40-60(100)81-41-61(101)84-53(42-97)64(79)104)91-72(112)57-26-16-35-94(57)75(115)58-27-17-37-96(58)74(114)51(23-11-13-33-83-92-80)88-69(109)54(43-98)90-67(107)49(29-31-62(102)103)86-71(111)56-25-15-34-93(56)73(113)50(22-10-12-32-77)87-66(106)48(28-30-59(78)99)85-68(108)52(39-47-20-8-5-9-21-47)89-65(105)45(3)38-46-18-6-4-7-19-46/h4-9,18-21,44-45,48-58,63-64,97-98,104H,10-17,22-43,77,79H2,1-3H3,(H2,78,99)(H,81,100)(H,82,110)(H,84,101)(H,85,108)(H,86,111)(H,87,106)(H,88,109)(H,89,105)(H,90,107)(H,91,112)(H,102,103)/t45-,48-,49-,50-,51+,52-,53-,54-,55-,56-,57-,58-,63-,64?/m0/s1. The number of carbonyl (C=O) groups is 16. The zero-order valence-electron chi connectivity index (χ0n) is 65.8. The second kappa shape index (κ2) is 47.8. The number of hydrogen-bond donors (Lipinski definition) is 17. The summed E-state index contributed by atoms with van der Waals surface area (Å²) in [6, 6.07) is 1.70. The maximum Gasteiger partial charge on any atom is 0.303 e. The van der Waals surface area contributed by atoms with E-state index in [-0.39, 0.29) is 116 Å². The Labute approximate surface area is 671 Å². The van der Waals surface area contributed by atoms with Crippen molar-refractivity contribution in [1.82, 2.24) is 72.8 Å². The van der Waals surface area contributed by atoms with Gasteiger partial charge in [0, 0.05) is 62.8 Å². The number of unbranched alkanes of at least 4 members (excludes halogenated alkanes) is 2. The third-order valence-electron chi connectivity index (χ3n) is 20.8. The molecule has 40 heteroatoms. The molecule has 4 saturated heterocycles. The van der Waals surface area contributed by atoms with Crippen LogP contribution in [0, 0.1) is 11.8 Å². The van der Waals surface area contributed by atoms with E-state index in [2.05, 4.69) is 63.2 Å². The van der Waals surface area contributed by atoms with E-state index in [0.29, 0.717) is 37.7 Å². The second-order valence-corrected chi connectivity index (χ2v) is 29.8. The first-order valence-corrected chi connectivity index (χ1v) is 39.5. The highest BCUT2D eigenvalue weighted by atomic mass is 16.4. The predicted octanol–water partition coefficient (Wildman–Crippen LogP) is -4.16. The number of nitrogens with one attached hydrogen (secondary N) is 10. The van der Waals surface area contributed by atoms with Crippen LogP contribution in [0.3, 0.4) is 0 Å². The van der Waals surface area contributed by atoms with Crippen molar-refractivity contribution in [1.29, 1.82) is 0 Å². The number of aliphatic hydroxyl groups is 3. The molecular formula is C76H114N20O20. The SMILES string of the molecule is CC(C)[C@H](NC(=O)[C@@H]1CCCN1C(=O)[C@@H]1CCCN1C(=O)[C@@H](CCCCN=[N+]=[N-])NC(=O)[C@H](CO)NC(=O)[C@H](CCC(=O)O)NC(=O)[C@@H]1CCCN1C(=O)[C@H](CCCCN)NC(=O)[C@H](CCC(N)=O)NC(=O)[C@H](Cc1ccccc1)NC(=O)[C@@H](C)Cc1ccccc1)C(=O)N1CCC[C@H]1C(=O)NCC(=O)NCC(=O)N[C@@H](CO)C(N)O. The molecule has 4 fully saturated rings. The number of amides is 15. The van der Waals surface area contributed by atoms with Crippen molar-refractivity contribution in [2.24, 2.45) is 34.2 Å². The van der Waals surface area contributed by atoms with E-state index in [9.17, 15) is 97.1 Å². The number of likely N-dealkylation sites (tertiary alicyclic amines) is 4. The summed E-state index contributed by atoms with van der Waals surface area (Å²) in [7, 11) is 0. The molecule has 0 radical (unpaired) electrons. The maximum atomic E-state index is 14.9. The molecule has 638 valence electrons. The fraction of sp³-hybridized carbons (Fsp3) is 0.632. The maximum absolute atomic E-state index is 14.9. The van der Waals surface area contributed by atoms with Crippen molar-refractivity contribution in [3.05, 3.63) is 82.2 Å². The van der Waals surface area contributed by atoms with Gasteiger partial charge in [0.1, 0.15) is 72.7 Å². The van der Waals surface area contributed by atoms with Gasteiger partial charge in [-0.2, -0.15) is 0 Å². The highest BCUT2D eigenvalue weighted by molar-refractivity contribution is 6.01. The van der Waals surface area contributed by atoms with Gasteiger partial charge in [-0.25, -0.2) is 0 Å². The number of nitrogens with two attached hydrogens (primary N) is 3. The molecule has 0 saturated carbocycles. The average molecular weight is 1630 g/mol. The Hall–Kier alpha value is -10.9. The zero-order chi connectivity index (χ0) is 85.1. The third kappa shape index (κ3) is 28.8. The minimum Gasteiger partial charge on any atom is -0.481 e. The van der Waals surface area contributed by atoms with Crippen molar-refractivity contribution in [2.45, 2.75) is 228 Å². The van der Waals surface area contributed by atoms with Crippen LogP contribution in [-0.2, 0) is 89.6 Å². The molecule has 0 bridgehead atoms. The van der Waals surface area contributed by atoms with Gasteiger partial charge >= 0.3 is 5.97 Å². The molecule has 2 aromatic carbocycles. The van der Waals surface area contributed by atoms with E-state index >= 15 is 0 Å². The summed E-state index contributed by atoms with van der Waals surface area (Å²) < 4.78 is 0. The average Bonchev–Trinajstić information content (AvgIpc) is 1.61. The molecule has 0 aromatic heterocycles. The first kappa shape index (κ1) is 93.9. The van der Waals surface area contributed by atoms with E-state index < -0.39 is 231 Å². The van der Waals surface area contributed by atoms with Crippen LogP contribution in [0.4, 0.5) is 0 Å². The van der Waals surface area contributed by atoms with Crippen LogP contribution in [0.2, 0.25) is 0 Å². The Balaban J connectivity index is 1.12. The van der Waals surface area contributed by atoms with Gasteiger partial charge in [0.05, 0.1) is 32.3 Å². The smallest absolute Gasteiger partial charge is 0.303 e. The molecule has 116 heavy (non-hydrogen) atoms. The van der Waals surface area contributed by atoms with Crippen LogP contribution in [0.1, 0.15) is 147 Å². The van der Waals surface area contributed by atoms with Gasteiger partial charge in [-0.15, -0.1) is 0 Å². The number of rotatable bonds is 47. The van der Waals surface area contributed by atoms with Crippen molar-refractivity contribution in [2.75, 3.05) is 65.6 Å². The van der Waals surface area contributed by atoms with E-state index in [4.69, 9.17) is 22.7 Å².